The van der Waals surface area contributed by atoms with Crippen LogP contribution in [0.25, 0.3) is 0 Å². The van der Waals surface area contributed by atoms with Gasteiger partial charge in [0.25, 0.3) is 0 Å². The molecule has 1 unspecified atom stereocenters. The molecule has 0 aliphatic carbocycles. The van der Waals surface area contributed by atoms with E-state index in [1.54, 1.807) is 0 Å². The highest BCUT2D eigenvalue weighted by molar-refractivity contribution is 6.31. The Balaban J connectivity index is 2.16. The van der Waals surface area contributed by atoms with Crippen LogP contribution in [0.2, 0.25) is 5.02 Å². The van der Waals surface area contributed by atoms with Crippen LogP contribution in [0, 0.1) is 0 Å². The molecule has 1 atom stereocenters. The van der Waals surface area contributed by atoms with E-state index in [1.165, 1.54) is 5.56 Å². The third-order valence-corrected chi connectivity index (χ3v) is 3.56. The fraction of sp³-hybridized carbons (Fsp3) is 0.312. The van der Waals surface area contributed by atoms with Gasteiger partial charge in [0.2, 0.25) is 0 Å². The smallest absolute Gasteiger partial charge is 0.0456 e. The van der Waals surface area contributed by atoms with Crippen molar-refractivity contribution in [2.75, 3.05) is 0 Å². The summed E-state index contributed by atoms with van der Waals surface area (Å²) in [7, 11) is 0. The summed E-state index contributed by atoms with van der Waals surface area (Å²) in [5.74, 6) is 0. The SMILES string of the molecule is CCc1ccc(Cc2ccc(C(C)N)c(Cl)c2)nc1. The Bertz CT molecular complexity index is 547. The lowest BCUT2D eigenvalue weighted by Gasteiger charge is -2.10. The Kier molecular flexibility index (Phi) is 4.56. The minimum Gasteiger partial charge on any atom is -0.324 e. The van der Waals surface area contributed by atoms with Crippen molar-refractivity contribution in [2.24, 2.45) is 5.73 Å². The number of hydrogen-bond donors (Lipinski definition) is 1. The second kappa shape index (κ2) is 6.18. The van der Waals surface area contributed by atoms with Crippen molar-refractivity contribution < 1.29 is 0 Å². The zero-order chi connectivity index (χ0) is 13.8. The van der Waals surface area contributed by atoms with Crippen LogP contribution < -0.4 is 5.73 Å². The van der Waals surface area contributed by atoms with E-state index >= 15 is 0 Å². The van der Waals surface area contributed by atoms with Gasteiger partial charge in [-0.3, -0.25) is 4.98 Å². The monoisotopic (exact) mass is 274 g/mol. The summed E-state index contributed by atoms with van der Waals surface area (Å²) in [5.41, 5.74) is 10.3. The van der Waals surface area contributed by atoms with Gasteiger partial charge in [0, 0.05) is 29.4 Å². The standard InChI is InChI=1S/C16H19ClN2/c1-3-12-4-6-14(19-10-12)8-13-5-7-15(11(2)18)16(17)9-13/h4-7,9-11H,3,8,18H2,1-2H3. The summed E-state index contributed by atoms with van der Waals surface area (Å²) >= 11 is 6.24. The summed E-state index contributed by atoms with van der Waals surface area (Å²) in [5, 5.41) is 0.734. The Hall–Kier alpha value is -1.38. The Morgan fingerprint density at radius 2 is 1.95 bits per heavy atom. The van der Waals surface area contributed by atoms with E-state index in [4.69, 9.17) is 17.3 Å². The topological polar surface area (TPSA) is 38.9 Å². The summed E-state index contributed by atoms with van der Waals surface area (Å²) < 4.78 is 0. The van der Waals surface area contributed by atoms with E-state index < -0.39 is 0 Å². The molecule has 0 aliphatic rings. The number of aromatic nitrogens is 1. The van der Waals surface area contributed by atoms with E-state index in [2.05, 4.69) is 30.1 Å². The van der Waals surface area contributed by atoms with E-state index in [-0.39, 0.29) is 6.04 Å². The number of aryl methyl sites for hydroxylation is 1. The number of halogens is 1. The average Bonchev–Trinajstić information content (AvgIpc) is 2.39. The van der Waals surface area contributed by atoms with Gasteiger partial charge in [-0.1, -0.05) is 36.7 Å². The highest BCUT2D eigenvalue weighted by Gasteiger charge is 2.06. The Labute approximate surface area is 119 Å². The molecule has 0 saturated carbocycles. The first-order valence-corrected chi connectivity index (χ1v) is 6.95. The fourth-order valence-corrected chi connectivity index (χ4v) is 2.40. The van der Waals surface area contributed by atoms with E-state index in [9.17, 15) is 0 Å². The lowest BCUT2D eigenvalue weighted by Crippen LogP contribution is -2.06. The van der Waals surface area contributed by atoms with Gasteiger partial charge in [-0.05, 0) is 42.2 Å². The van der Waals surface area contributed by atoms with Gasteiger partial charge in [-0.25, -0.2) is 0 Å². The van der Waals surface area contributed by atoms with Crippen molar-refractivity contribution in [3.05, 3.63) is 63.9 Å². The lowest BCUT2D eigenvalue weighted by atomic mass is 10.0. The van der Waals surface area contributed by atoms with Gasteiger partial charge in [-0.2, -0.15) is 0 Å². The summed E-state index contributed by atoms with van der Waals surface area (Å²) in [6, 6.07) is 10.2. The van der Waals surface area contributed by atoms with Crippen LogP contribution in [0.3, 0.4) is 0 Å². The molecule has 19 heavy (non-hydrogen) atoms. The largest absolute Gasteiger partial charge is 0.324 e. The predicted molar refractivity (Wildman–Crippen MR) is 80.5 cm³/mol. The molecule has 0 saturated heterocycles. The van der Waals surface area contributed by atoms with Crippen LogP contribution in [0.5, 0.6) is 0 Å². The Morgan fingerprint density at radius 3 is 2.47 bits per heavy atom. The maximum atomic E-state index is 6.24. The van der Waals surface area contributed by atoms with Gasteiger partial charge in [0.05, 0.1) is 0 Å². The third kappa shape index (κ3) is 3.55. The second-order valence-corrected chi connectivity index (χ2v) is 5.24. The summed E-state index contributed by atoms with van der Waals surface area (Å²) in [4.78, 5) is 4.46. The Morgan fingerprint density at radius 1 is 1.21 bits per heavy atom. The van der Waals surface area contributed by atoms with Gasteiger partial charge in [-0.15, -0.1) is 0 Å². The van der Waals surface area contributed by atoms with E-state index in [0.29, 0.717) is 0 Å². The molecule has 2 nitrogen and oxygen atoms in total. The second-order valence-electron chi connectivity index (χ2n) is 4.83. The summed E-state index contributed by atoms with van der Waals surface area (Å²) in [6.45, 7) is 4.06. The minimum atomic E-state index is -0.0384. The molecular formula is C16H19ClN2. The molecule has 0 bridgehead atoms. The molecule has 100 valence electrons. The zero-order valence-electron chi connectivity index (χ0n) is 11.4. The van der Waals surface area contributed by atoms with Crippen molar-refractivity contribution in [3.63, 3.8) is 0 Å². The van der Waals surface area contributed by atoms with Crippen molar-refractivity contribution in [2.45, 2.75) is 32.7 Å². The number of pyridine rings is 1. The number of hydrogen-bond acceptors (Lipinski definition) is 2. The highest BCUT2D eigenvalue weighted by atomic mass is 35.5. The maximum Gasteiger partial charge on any atom is 0.0456 e. The number of nitrogens with zero attached hydrogens (tertiary/aromatic N) is 1. The molecule has 0 aliphatic heterocycles. The van der Waals surface area contributed by atoms with Gasteiger partial charge in [0.1, 0.15) is 0 Å². The molecule has 3 heteroatoms. The number of rotatable bonds is 4. The van der Waals surface area contributed by atoms with Crippen LogP contribution in [0.4, 0.5) is 0 Å². The normalized spacial score (nSPS) is 12.4. The first-order valence-electron chi connectivity index (χ1n) is 6.58. The van der Waals surface area contributed by atoms with Crippen molar-refractivity contribution >= 4 is 11.6 Å². The zero-order valence-corrected chi connectivity index (χ0v) is 12.1. The van der Waals surface area contributed by atoms with E-state index in [0.717, 1.165) is 34.7 Å². The molecule has 1 heterocycles. The maximum absolute atomic E-state index is 6.24. The van der Waals surface area contributed by atoms with Crippen LogP contribution in [0.1, 0.15) is 42.3 Å². The summed E-state index contributed by atoms with van der Waals surface area (Å²) in [6.07, 6.45) is 3.75. The van der Waals surface area contributed by atoms with Gasteiger partial charge < -0.3 is 5.73 Å². The minimum absolute atomic E-state index is 0.0384. The lowest BCUT2D eigenvalue weighted by molar-refractivity contribution is 0.817. The van der Waals surface area contributed by atoms with Gasteiger partial charge in [0.15, 0.2) is 0 Å². The van der Waals surface area contributed by atoms with Crippen molar-refractivity contribution in [3.8, 4) is 0 Å². The molecule has 0 amide bonds. The van der Waals surface area contributed by atoms with Crippen molar-refractivity contribution in [1.82, 2.24) is 4.98 Å². The molecule has 1 aromatic carbocycles. The molecule has 0 radical (unpaired) electrons. The third-order valence-electron chi connectivity index (χ3n) is 3.23. The molecule has 0 fully saturated rings. The first-order chi connectivity index (χ1) is 9.10. The van der Waals surface area contributed by atoms with Crippen LogP contribution in [-0.2, 0) is 12.8 Å². The molecular weight excluding hydrogens is 256 g/mol. The molecule has 0 spiro atoms. The fourth-order valence-electron chi connectivity index (χ4n) is 2.03. The molecule has 2 aromatic rings. The van der Waals surface area contributed by atoms with Crippen molar-refractivity contribution in [1.29, 1.82) is 0 Å². The first kappa shape index (κ1) is 14.0. The van der Waals surface area contributed by atoms with Crippen LogP contribution in [0.15, 0.2) is 36.5 Å². The van der Waals surface area contributed by atoms with E-state index in [1.807, 2.05) is 25.3 Å². The number of nitrogens with two attached hydrogens (primary N) is 1. The highest BCUT2D eigenvalue weighted by Crippen LogP contribution is 2.23. The molecule has 2 rings (SSSR count). The van der Waals surface area contributed by atoms with Crippen LogP contribution in [-0.4, -0.2) is 4.98 Å². The van der Waals surface area contributed by atoms with Gasteiger partial charge >= 0.3 is 0 Å². The molecule has 1 aromatic heterocycles. The molecule has 2 N–H and O–H groups in total. The number of benzene rings is 1. The predicted octanol–water partition coefficient (Wildman–Crippen LogP) is 3.91. The van der Waals surface area contributed by atoms with Crippen LogP contribution >= 0.6 is 11.6 Å². The quantitative estimate of drug-likeness (QED) is 0.918. The average molecular weight is 275 g/mol.